The van der Waals surface area contributed by atoms with Gasteiger partial charge in [0.15, 0.2) is 5.15 Å². The summed E-state index contributed by atoms with van der Waals surface area (Å²) in [5.74, 6) is -0.122. The Morgan fingerprint density at radius 1 is 1.45 bits per heavy atom. The van der Waals surface area contributed by atoms with Crippen LogP contribution < -0.4 is 10.6 Å². The van der Waals surface area contributed by atoms with E-state index in [9.17, 15) is 4.79 Å². The van der Waals surface area contributed by atoms with Crippen molar-refractivity contribution in [1.29, 1.82) is 0 Å². The van der Waals surface area contributed by atoms with Gasteiger partial charge in [0.05, 0.1) is 5.69 Å². The van der Waals surface area contributed by atoms with Crippen molar-refractivity contribution < 1.29 is 4.79 Å². The molecule has 1 atom stereocenters. The molecule has 1 aliphatic rings. The van der Waals surface area contributed by atoms with E-state index < -0.39 is 0 Å². The number of aromatic nitrogens is 1. The number of para-hydroxylation sites is 1. The van der Waals surface area contributed by atoms with E-state index in [1.165, 1.54) is 0 Å². The molecular formula is C14H11BrClN3O. The minimum Gasteiger partial charge on any atom is -0.373 e. The van der Waals surface area contributed by atoms with Crippen LogP contribution >= 0.6 is 27.5 Å². The Labute approximate surface area is 129 Å². The highest BCUT2D eigenvalue weighted by Crippen LogP contribution is 2.27. The molecule has 2 N–H and O–H groups in total. The third-order valence-electron chi connectivity index (χ3n) is 3.15. The molecule has 3 rings (SSSR count). The second-order valence-electron chi connectivity index (χ2n) is 4.54. The van der Waals surface area contributed by atoms with Crippen LogP contribution in [0.15, 0.2) is 41.0 Å². The Bertz CT molecular complexity index is 652. The average Bonchev–Trinajstić information content (AvgIpc) is 2.87. The molecule has 1 aliphatic heterocycles. The number of fused-ring (bicyclic) bond motifs is 1. The van der Waals surface area contributed by atoms with Crippen LogP contribution in [0, 0.1) is 0 Å². The molecule has 0 unspecified atom stereocenters. The van der Waals surface area contributed by atoms with Gasteiger partial charge in [0, 0.05) is 22.8 Å². The van der Waals surface area contributed by atoms with Gasteiger partial charge in [0.2, 0.25) is 5.91 Å². The lowest BCUT2D eigenvalue weighted by atomic mass is 10.1. The molecule has 1 amide bonds. The molecule has 0 saturated carbocycles. The molecule has 102 valence electrons. The maximum absolute atomic E-state index is 12.3. The second-order valence-corrected chi connectivity index (χ2v) is 5.81. The molecular weight excluding hydrogens is 342 g/mol. The SMILES string of the molecule is O=C(Nc1cc(Br)cnc1Cl)[C@@H]1Cc2ccccc2N1. The summed E-state index contributed by atoms with van der Waals surface area (Å²) in [6, 6.07) is 9.34. The van der Waals surface area contributed by atoms with Gasteiger partial charge in [-0.3, -0.25) is 4.79 Å². The number of rotatable bonds is 2. The fourth-order valence-electron chi connectivity index (χ4n) is 2.19. The Balaban J connectivity index is 1.74. The number of halogens is 2. The normalized spacial score (nSPS) is 16.4. The van der Waals surface area contributed by atoms with Crippen molar-refractivity contribution in [2.75, 3.05) is 10.6 Å². The summed E-state index contributed by atoms with van der Waals surface area (Å²) in [7, 11) is 0. The molecule has 20 heavy (non-hydrogen) atoms. The number of hydrogen-bond donors (Lipinski definition) is 2. The summed E-state index contributed by atoms with van der Waals surface area (Å²) >= 11 is 9.27. The summed E-state index contributed by atoms with van der Waals surface area (Å²) in [5.41, 5.74) is 2.65. The number of nitrogens with one attached hydrogen (secondary N) is 2. The maximum Gasteiger partial charge on any atom is 0.247 e. The first-order valence-corrected chi connectivity index (χ1v) is 7.27. The van der Waals surface area contributed by atoms with Crippen LogP contribution in [-0.2, 0) is 11.2 Å². The minimum atomic E-state index is -0.289. The molecule has 6 heteroatoms. The molecule has 0 saturated heterocycles. The van der Waals surface area contributed by atoms with Crippen molar-refractivity contribution in [3.63, 3.8) is 0 Å². The van der Waals surface area contributed by atoms with Crippen LogP contribution in [0.5, 0.6) is 0 Å². The average molecular weight is 353 g/mol. The monoisotopic (exact) mass is 351 g/mol. The van der Waals surface area contributed by atoms with Gasteiger partial charge in [0.1, 0.15) is 6.04 Å². The van der Waals surface area contributed by atoms with Gasteiger partial charge in [-0.15, -0.1) is 0 Å². The smallest absolute Gasteiger partial charge is 0.247 e. The summed E-state index contributed by atoms with van der Waals surface area (Å²) in [6.07, 6.45) is 2.25. The van der Waals surface area contributed by atoms with E-state index in [1.54, 1.807) is 12.3 Å². The Morgan fingerprint density at radius 2 is 2.25 bits per heavy atom. The molecule has 0 bridgehead atoms. The highest BCUT2D eigenvalue weighted by molar-refractivity contribution is 9.10. The summed E-state index contributed by atoms with van der Waals surface area (Å²) in [6.45, 7) is 0. The third-order valence-corrected chi connectivity index (χ3v) is 3.89. The van der Waals surface area contributed by atoms with E-state index in [2.05, 4.69) is 31.5 Å². The summed E-state index contributed by atoms with van der Waals surface area (Å²) < 4.78 is 0.764. The second kappa shape index (κ2) is 5.42. The molecule has 1 aromatic carbocycles. The standard InChI is InChI=1S/C14H11BrClN3O/c15-9-6-11(13(16)17-7-9)19-14(20)12-5-8-3-1-2-4-10(8)18-12/h1-4,6-7,12,18H,5H2,(H,19,20)/t12-/m0/s1. The first-order valence-electron chi connectivity index (χ1n) is 6.10. The first kappa shape index (κ1) is 13.4. The molecule has 0 spiro atoms. The van der Waals surface area contributed by atoms with Crippen LogP contribution in [0.1, 0.15) is 5.56 Å². The zero-order valence-corrected chi connectivity index (χ0v) is 12.7. The van der Waals surface area contributed by atoms with Crippen molar-refractivity contribution in [2.24, 2.45) is 0 Å². The van der Waals surface area contributed by atoms with Crippen molar-refractivity contribution in [3.05, 3.63) is 51.7 Å². The lowest BCUT2D eigenvalue weighted by Crippen LogP contribution is -2.32. The molecule has 1 aromatic heterocycles. The van der Waals surface area contributed by atoms with Crippen molar-refractivity contribution in [1.82, 2.24) is 4.98 Å². The maximum atomic E-state index is 12.3. The van der Waals surface area contributed by atoms with E-state index in [0.717, 1.165) is 15.7 Å². The molecule has 0 fully saturated rings. The number of amides is 1. The number of carbonyl (C=O) groups excluding carboxylic acids is 1. The molecule has 2 heterocycles. The van der Waals surface area contributed by atoms with Crippen LogP contribution in [0.4, 0.5) is 11.4 Å². The zero-order chi connectivity index (χ0) is 14.1. The fourth-order valence-corrected chi connectivity index (χ4v) is 2.67. The van der Waals surface area contributed by atoms with Gasteiger partial charge in [-0.2, -0.15) is 0 Å². The van der Waals surface area contributed by atoms with Gasteiger partial charge in [-0.1, -0.05) is 29.8 Å². The molecule has 4 nitrogen and oxygen atoms in total. The zero-order valence-electron chi connectivity index (χ0n) is 10.4. The van der Waals surface area contributed by atoms with Gasteiger partial charge in [0.25, 0.3) is 0 Å². The molecule has 0 radical (unpaired) electrons. The van der Waals surface area contributed by atoms with E-state index in [1.807, 2.05) is 24.3 Å². The lowest BCUT2D eigenvalue weighted by Gasteiger charge is -2.12. The van der Waals surface area contributed by atoms with Gasteiger partial charge in [-0.25, -0.2) is 4.98 Å². The van der Waals surface area contributed by atoms with Gasteiger partial charge >= 0.3 is 0 Å². The number of nitrogens with zero attached hydrogens (tertiary/aromatic N) is 1. The Morgan fingerprint density at radius 3 is 3.05 bits per heavy atom. The molecule has 2 aromatic rings. The largest absolute Gasteiger partial charge is 0.373 e. The topological polar surface area (TPSA) is 54.0 Å². The quantitative estimate of drug-likeness (QED) is 0.814. The third kappa shape index (κ3) is 2.64. The van der Waals surface area contributed by atoms with E-state index in [4.69, 9.17) is 11.6 Å². The number of benzene rings is 1. The molecule has 0 aliphatic carbocycles. The number of carbonyl (C=O) groups is 1. The first-order chi connectivity index (χ1) is 9.63. The predicted octanol–water partition coefficient (Wildman–Crippen LogP) is 3.47. The number of hydrogen-bond acceptors (Lipinski definition) is 3. The highest BCUT2D eigenvalue weighted by Gasteiger charge is 2.26. The van der Waals surface area contributed by atoms with Crippen LogP contribution in [-0.4, -0.2) is 16.9 Å². The van der Waals surface area contributed by atoms with Gasteiger partial charge in [-0.05, 0) is 33.6 Å². The summed E-state index contributed by atoms with van der Waals surface area (Å²) in [4.78, 5) is 16.3. The Hall–Kier alpha value is -1.59. The lowest BCUT2D eigenvalue weighted by molar-refractivity contribution is -0.116. The highest BCUT2D eigenvalue weighted by atomic mass is 79.9. The predicted molar refractivity (Wildman–Crippen MR) is 83.1 cm³/mol. The van der Waals surface area contributed by atoms with Crippen molar-refractivity contribution >= 4 is 44.8 Å². The van der Waals surface area contributed by atoms with E-state index in [0.29, 0.717) is 12.1 Å². The van der Waals surface area contributed by atoms with Crippen LogP contribution in [0.2, 0.25) is 5.15 Å². The van der Waals surface area contributed by atoms with E-state index >= 15 is 0 Å². The minimum absolute atomic E-state index is 0.122. The Kier molecular flexibility index (Phi) is 3.63. The van der Waals surface area contributed by atoms with E-state index in [-0.39, 0.29) is 17.1 Å². The summed E-state index contributed by atoms with van der Waals surface area (Å²) in [5, 5.41) is 6.28. The van der Waals surface area contributed by atoms with Crippen LogP contribution in [0.25, 0.3) is 0 Å². The van der Waals surface area contributed by atoms with Crippen LogP contribution in [0.3, 0.4) is 0 Å². The van der Waals surface area contributed by atoms with Crippen molar-refractivity contribution in [3.8, 4) is 0 Å². The van der Waals surface area contributed by atoms with Crippen molar-refractivity contribution in [2.45, 2.75) is 12.5 Å². The number of anilines is 2. The fraction of sp³-hybridized carbons (Fsp3) is 0.143. The van der Waals surface area contributed by atoms with Gasteiger partial charge < -0.3 is 10.6 Å². The number of pyridine rings is 1.